The average Bonchev–Trinajstić information content (AvgIpc) is 2.86. The molecule has 106 valence electrons. The minimum absolute atomic E-state index is 0.318. The second kappa shape index (κ2) is 4.89. The minimum atomic E-state index is -4.13. The number of rotatable bonds is 4. The molecule has 0 unspecified atom stereocenters. The van der Waals surface area contributed by atoms with Crippen LogP contribution in [0.3, 0.4) is 0 Å². The third-order valence-corrected chi connectivity index (χ3v) is 3.63. The van der Waals surface area contributed by atoms with Crippen LogP contribution in [0.25, 0.3) is 0 Å². The topological polar surface area (TPSA) is 118 Å². The quantitative estimate of drug-likeness (QED) is 0.765. The van der Waals surface area contributed by atoms with Crippen molar-refractivity contribution < 1.29 is 22.0 Å². The fourth-order valence-corrected chi connectivity index (χ4v) is 2.38. The van der Waals surface area contributed by atoms with Crippen molar-refractivity contribution >= 4 is 21.6 Å². The van der Waals surface area contributed by atoms with Crippen LogP contribution in [-0.4, -0.2) is 24.5 Å². The van der Waals surface area contributed by atoms with Gasteiger partial charge in [-0.1, -0.05) is 0 Å². The molecule has 0 atom stereocenters. The molecule has 20 heavy (non-hydrogen) atoms. The maximum atomic E-state index is 13.5. The molecule has 4 N–H and O–H groups in total. The smallest absolute Gasteiger partial charge is 0.278 e. The largest absolute Gasteiger partial charge is 0.366 e. The number of anilines is 1. The molecule has 10 heteroatoms. The van der Waals surface area contributed by atoms with Crippen molar-refractivity contribution in [1.82, 2.24) is 10.2 Å². The van der Waals surface area contributed by atoms with Gasteiger partial charge in [0.15, 0.2) is 5.03 Å². The molecular formula is C10H8F2N4O3S. The summed E-state index contributed by atoms with van der Waals surface area (Å²) in [4.78, 5) is 10.9. The molecule has 0 aliphatic heterocycles. The van der Waals surface area contributed by atoms with Crippen LogP contribution in [0.4, 0.5) is 14.5 Å². The lowest BCUT2D eigenvalue weighted by Gasteiger charge is -2.09. The highest BCUT2D eigenvalue weighted by molar-refractivity contribution is 7.92. The highest BCUT2D eigenvalue weighted by Gasteiger charge is 2.20. The van der Waals surface area contributed by atoms with Gasteiger partial charge in [0.25, 0.3) is 15.9 Å². The van der Waals surface area contributed by atoms with Gasteiger partial charge in [-0.05, 0) is 12.1 Å². The van der Waals surface area contributed by atoms with E-state index >= 15 is 0 Å². The number of nitrogens with zero attached hydrogens (tertiary/aromatic N) is 1. The Morgan fingerprint density at radius 3 is 2.55 bits per heavy atom. The molecule has 2 rings (SSSR count). The number of carbonyl (C=O) groups excluding carboxylic acids is 1. The van der Waals surface area contributed by atoms with Crippen molar-refractivity contribution in [1.29, 1.82) is 0 Å². The monoisotopic (exact) mass is 302 g/mol. The number of sulfonamides is 1. The molecule has 0 saturated heterocycles. The summed E-state index contributed by atoms with van der Waals surface area (Å²) in [7, 11) is -4.13. The van der Waals surface area contributed by atoms with E-state index in [2.05, 4.69) is 10.2 Å². The number of amides is 1. The van der Waals surface area contributed by atoms with Crippen molar-refractivity contribution in [2.75, 3.05) is 4.72 Å². The van der Waals surface area contributed by atoms with Gasteiger partial charge >= 0.3 is 0 Å². The second-order valence-electron chi connectivity index (χ2n) is 3.70. The SMILES string of the molecule is NC(=O)c1cc(NS(=O)(=O)c2ccn[nH]2)c(F)cc1F. The van der Waals surface area contributed by atoms with Gasteiger partial charge in [-0.2, -0.15) is 13.5 Å². The molecule has 0 aliphatic carbocycles. The van der Waals surface area contributed by atoms with Crippen LogP contribution in [0.2, 0.25) is 0 Å². The molecule has 1 heterocycles. The third kappa shape index (κ3) is 2.59. The fourth-order valence-electron chi connectivity index (χ4n) is 1.41. The summed E-state index contributed by atoms with van der Waals surface area (Å²) in [6.07, 6.45) is 1.18. The number of aromatic nitrogens is 2. The van der Waals surface area contributed by atoms with Gasteiger partial charge in [-0.25, -0.2) is 8.78 Å². The molecule has 0 spiro atoms. The highest BCUT2D eigenvalue weighted by atomic mass is 32.2. The number of carbonyl (C=O) groups is 1. The number of H-pyrrole nitrogens is 1. The molecule has 1 aromatic heterocycles. The van der Waals surface area contributed by atoms with E-state index in [-0.39, 0.29) is 5.03 Å². The summed E-state index contributed by atoms with van der Waals surface area (Å²) in [5.41, 5.74) is 3.66. The summed E-state index contributed by atoms with van der Waals surface area (Å²) < 4.78 is 52.3. The number of hydrogen-bond donors (Lipinski definition) is 3. The molecule has 1 aromatic carbocycles. The standard InChI is InChI=1S/C10H8F2N4O3S/c11-6-4-7(12)8(3-5(6)10(13)17)16-20(18,19)9-1-2-14-15-9/h1-4,16H,(H2,13,17)(H,14,15). The summed E-state index contributed by atoms with van der Waals surface area (Å²) >= 11 is 0. The summed E-state index contributed by atoms with van der Waals surface area (Å²) in [5, 5.41) is 5.30. The molecule has 0 saturated carbocycles. The zero-order chi connectivity index (χ0) is 14.9. The predicted octanol–water partition coefficient (Wildman–Crippen LogP) is 0.588. The Hall–Kier alpha value is -2.49. The van der Waals surface area contributed by atoms with Crippen molar-refractivity contribution in [3.8, 4) is 0 Å². The van der Waals surface area contributed by atoms with Crippen LogP contribution < -0.4 is 10.5 Å². The van der Waals surface area contributed by atoms with E-state index in [9.17, 15) is 22.0 Å². The maximum Gasteiger partial charge on any atom is 0.278 e. The first-order valence-corrected chi connectivity index (χ1v) is 6.60. The highest BCUT2D eigenvalue weighted by Crippen LogP contribution is 2.22. The van der Waals surface area contributed by atoms with E-state index in [1.54, 1.807) is 0 Å². The van der Waals surface area contributed by atoms with Gasteiger partial charge in [0.2, 0.25) is 0 Å². The lowest BCUT2D eigenvalue weighted by molar-refractivity contribution is 0.0996. The zero-order valence-corrected chi connectivity index (χ0v) is 10.5. The van der Waals surface area contributed by atoms with Gasteiger partial charge in [-0.15, -0.1) is 0 Å². The van der Waals surface area contributed by atoms with Crippen LogP contribution in [0.15, 0.2) is 29.4 Å². The number of halogens is 2. The van der Waals surface area contributed by atoms with Crippen LogP contribution in [0.1, 0.15) is 10.4 Å². The summed E-state index contributed by atoms with van der Waals surface area (Å²) in [6, 6.07) is 2.19. The average molecular weight is 302 g/mol. The number of nitrogens with one attached hydrogen (secondary N) is 2. The molecule has 1 amide bonds. The van der Waals surface area contributed by atoms with E-state index in [4.69, 9.17) is 5.73 Å². The number of primary amides is 1. The van der Waals surface area contributed by atoms with E-state index in [0.29, 0.717) is 12.1 Å². The molecule has 0 radical (unpaired) electrons. The maximum absolute atomic E-state index is 13.5. The Morgan fingerprint density at radius 2 is 2.00 bits per heavy atom. The lowest BCUT2D eigenvalue weighted by Crippen LogP contribution is -2.17. The molecule has 7 nitrogen and oxygen atoms in total. The number of aromatic amines is 1. The van der Waals surface area contributed by atoms with Gasteiger partial charge in [0, 0.05) is 6.07 Å². The third-order valence-electron chi connectivity index (χ3n) is 2.33. The Balaban J connectivity index is 2.44. The van der Waals surface area contributed by atoms with Crippen LogP contribution in [0.5, 0.6) is 0 Å². The Morgan fingerprint density at radius 1 is 1.30 bits per heavy atom. The number of hydrogen-bond acceptors (Lipinski definition) is 4. The van der Waals surface area contributed by atoms with Crippen molar-refractivity contribution in [3.63, 3.8) is 0 Å². The van der Waals surface area contributed by atoms with E-state index < -0.39 is 38.8 Å². The predicted molar refractivity (Wildman–Crippen MR) is 64.3 cm³/mol. The van der Waals surface area contributed by atoms with Gasteiger partial charge in [-0.3, -0.25) is 14.6 Å². The second-order valence-corrected chi connectivity index (χ2v) is 5.35. The molecule has 0 fully saturated rings. The first kappa shape index (κ1) is 13.9. The Kier molecular flexibility index (Phi) is 3.40. The first-order chi connectivity index (χ1) is 9.31. The normalized spacial score (nSPS) is 11.3. The number of benzene rings is 1. The van der Waals surface area contributed by atoms with Crippen LogP contribution in [0, 0.1) is 11.6 Å². The van der Waals surface area contributed by atoms with Crippen molar-refractivity contribution in [2.24, 2.45) is 5.73 Å². The molecule has 2 aromatic rings. The van der Waals surface area contributed by atoms with Gasteiger partial charge in [0.1, 0.15) is 11.6 Å². The minimum Gasteiger partial charge on any atom is -0.366 e. The molecule has 0 aliphatic rings. The number of nitrogens with two attached hydrogens (primary N) is 1. The van der Waals surface area contributed by atoms with Crippen LogP contribution in [-0.2, 0) is 10.0 Å². The summed E-state index contributed by atoms with van der Waals surface area (Å²) in [5.74, 6) is -3.51. The van der Waals surface area contributed by atoms with E-state index in [0.717, 1.165) is 6.07 Å². The Bertz CT molecular complexity index is 759. The fraction of sp³-hybridized carbons (Fsp3) is 0. The Labute approximate surface area is 111 Å². The van der Waals surface area contributed by atoms with Crippen molar-refractivity contribution in [2.45, 2.75) is 5.03 Å². The lowest BCUT2D eigenvalue weighted by atomic mass is 10.2. The summed E-state index contributed by atoms with van der Waals surface area (Å²) in [6.45, 7) is 0. The van der Waals surface area contributed by atoms with E-state index in [1.165, 1.54) is 6.20 Å². The zero-order valence-electron chi connectivity index (χ0n) is 9.72. The molecule has 0 bridgehead atoms. The molecular weight excluding hydrogens is 294 g/mol. The first-order valence-electron chi connectivity index (χ1n) is 5.12. The van der Waals surface area contributed by atoms with E-state index in [1.807, 2.05) is 4.72 Å². The van der Waals surface area contributed by atoms with Crippen LogP contribution >= 0.6 is 0 Å². The van der Waals surface area contributed by atoms with Gasteiger partial charge in [0.05, 0.1) is 17.4 Å². The van der Waals surface area contributed by atoms with Crippen molar-refractivity contribution in [3.05, 3.63) is 41.6 Å². The van der Waals surface area contributed by atoms with Gasteiger partial charge < -0.3 is 5.73 Å².